The smallest absolute Gasteiger partial charge is 0.0125 e. The molecular weight excluding hydrogens is 156 g/mol. The van der Waals surface area contributed by atoms with Crippen LogP contribution in [0.4, 0.5) is 0 Å². The number of hydrogen-bond donors (Lipinski definition) is 0. The number of fused-ring (bicyclic) bond motifs is 1. The van der Waals surface area contributed by atoms with Gasteiger partial charge in [0.25, 0.3) is 0 Å². The van der Waals surface area contributed by atoms with Crippen LogP contribution < -0.4 is 0 Å². The van der Waals surface area contributed by atoms with Gasteiger partial charge in [0.2, 0.25) is 0 Å². The fourth-order valence-electron chi connectivity index (χ4n) is 2.03. The van der Waals surface area contributed by atoms with Crippen LogP contribution in [0.25, 0.3) is 0 Å². The van der Waals surface area contributed by atoms with Gasteiger partial charge in [-0.3, -0.25) is 0 Å². The first-order valence-electron chi connectivity index (χ1n) is 4.82. The molecule has 1 aliphatic rings. The minimum absolute atomic E-state index is 0.569. The van der Waals surface area contributed by atoms with Gasteiger partial charge in [0, 0.05) is 6.42 Å². The second-order valence-corrected chi connectivity index (χ2v) is 3.85. The zero-order chi connectivity index (χ0) is 9.42. The third-order valence-corrected chi connectivity index (χ3v) is 2.95. The number of rotatable bonds is 0. The molecule has 13 heavy (non-hydrogen) atoms. The molecule has 0 aromatic heterocycles. The van der Waals surface area contributed by atoms with E-state index >= 15 is 0 Å². The van der Waals surface area contributed by atoms with Crippen molar-refractivity contribution in [3.05, 3.63) is 53.0 Å². The number of aryl methyl sites for hydroxylation is 1. The van der Waals surface area contributed by atoms with E-state index < -0.39 is 0 Å². The standard InChI is InChI=1S/C13H15/c1-9-7-8-12-6-4-5-10(2)13(12)11(9)3/h4-8,10H,1-3H3. The van der Waals surface area contributed by atoms with E-state index in [2.05, 4.69) is 51.5 Å². The van der Waals surface area contributed by atoms with Crippen LogP contribution in [0.2, 0.25) is 0 Å². The molecule has 0 saturated heterocycles. The molecule has 67 valence electrons. The van der Waals surface area contributed by atoms with Gasteiger partial charge in [0.1, 0.15) is 0 Å². The van der Waals surface area contributed by atoms with Gasteiger partial charge < -0.3 is 0 Å². The average Bonchev–Trinajstić information content (AvgIpc) is 2.12. The molecule has 0 bridgehead atoms. The first-order valence-corrected chi connectivity index (χ1v) is 4.82. The second-order valence-electron chi connectivity index (χ2n) is 3.85. The van der Waals surface area contributed by atoms with Crippen LogP contribution in [0, 0.1) is 20.3 Å². The van der Waals surface area contributed by atoms with Crippen molar-refractivity contribution in [2.24, 2.45) is 0 Å². The van der Waals surface area contributed by atoms with E-state index in [9.17, 15) is 0 Å². The summed E-state index contributed by atoms with van der Waals surface area (Å²) in [6, 6.07) is 4.42. The quantitative estimate of drug-likeness (QED) is 0.560. The van der Waals surface area contributed by atoms with Crippen molar-refractivity contribution < 1.29 is 0 Å². The first-order chi connectivity index (χ1) is 6.20. The second kappa shape index (κ2) is 3.02. The van der Waals surface area contributed by atoms with E-state index in [1.54, 1.807) is 0 Å². The summed E-state index contributed by atoms with van der Waals surface area (Å²) in [6.45, 7) is 6.66. The van der Waals surface area contributed by atoms with E-state index in [1.807, 2.05) is 0 Å². The van der Waals surface area contributed by atoms with Crippen molar-refractivity contribution >= 4 is 0 Å². The van der Waals surface area contributed by atoms with Gasteiger partial charge in [0.15, 0.2) is 0 Å². The van der Waals surface area contributed by atoms with Crippen LogP contribution in [0.5, 0.6) is 0 Å². The maximum Gasteiger partial charge on any atom is 0.0125 e. The van der Waals surface area contributed by atoms with Crippen molar-refractivity contribution in [1.82, 2.24) is 0 Å². The van der Waals surface area contributed by atoms with E-state index in [1.165, 1.54) is 22.3 Å². The first kappa shape index (κ1) is 8.55. The molecule has 0 N–H and O–H groups in total. The molecule has 0 heterocycles. The average molecular weight is 171 g/mol. The zero-order valence-electron chi connectivity index (χ0n) is 8.46. The Balaban J connectivity index is 2.63. The predicted octanol–water partition coefficient (Wildman–Crippen LogP) is 3.53. The zero-order valence-corrected chi connectivity index (χ0v) is 8.46. The Labute approximate surface area is 80.3 Å². The Kier molecular flexibility index (Phi) is 1.99. The van der Waals surface area contributed by atoms with Gasteiger partial charge in [0.05, 0.1) is 0 Å². The molecule has 1 aromatic rings. The highest BCUT2D eigenvalue weighted by atomic mass is 14.2. The van der Waals surface area contributed by atoms with Crippen LogP contribution in [0.15, 0.2) is 24.3 Å². The highest BCUT2D eigenvalue weighted by Gasteiger charge is 2.14. The van der Waals surface area contributed by atoms with Crippen molar-refractivity contribution in [3.63, 3.8) is 0 Å². The lowest BCUT2D eigenvalue weighted by Gasteiger charge is -2.20. The molecule has 1 aromatic carbocycles. The van der Waals surface area contributed by atoms with Crippen LogP contribution >= 0.6 is 0 Å². The molecule has 1 aliphatic carbocycles. The van der Waals surface area contributed by atoms with Crippen LogP contribution in [0.3, 0.4) is 0 Å². The molecule has 0 nitrogen and oxygen atoms in total. The third kappa shape index (κ3) is 1.31. The van der Waals surface area contributed by atoms with Crippen LogP contribution in [-0.2, 0) is 0 Å². The normalized spacial score (nSPS) is 20.1. The van der Waals surface area contributed by atoms with E-state index in [0.29, 0.717) is 5.92 Å². The highest BCUT2D eigenvalue weighted by molar-refractivity contribution is 5.50. The van der Waals surface area contributed by atoms with Gasteiger partial charge in [-0.2, -0.15) is 0 Å². The van der Waals surface area contributed by atoms with E-state index in [4.69, 9.17) is 0 Å². The Bertz CT molecular complexity index is 359. The molecule has 0 aliphatic heterocycles. The predicted molar refractivity (Wildman–Crippen MR) is 56.9 cm³/mol. The maximum absolute atomic E-state index is 2.26. The fraction of sp³-hybridized carbons (Fsp3) is 0.308. The summed E-state index contributed by atoms with van der Waals surface area (Å²) in [5.41, 5.74) is 5.74. The molecule has 1 radical (unpaired) electrons. The molecule has 0 heteroatoms. The van der Waals surface area contributed by atoms with Crippen molar-refractivity contribution in [1.29, 1.82) is 0 Å². The topological polar surface area (TPSA) is 0 Å². The molecule has 0 spiro atoms. The van der Waals surface area contributed by atoms with Gasteiger partial charge in [-0.25, -0.2) is 0 Å². The summed E-state index contributed by atoms with van der Waals surface area (Å²) in [4.78, 5) is 0. The van der Waals surface area contributed by atoms with Crippen LogP contribution in [0.1, 0.15) is 35.1 Å². The fourth-order valence-corrected chi connectivity index (χ4v) is 2.03. The third-order valence-electron chi connectivity index (χ3n) is 2.95. The Morgan fingerprint density at radius 3 is 2.69 bits per heavy atom. The van der Waals surface area contributed by atoms with E-state index in [0.717, 1.165) is 0 Å². The Hall–Kier alpha value is -1.04. The monoisotopic (exact) mass is 171 g/mol. The van der Waals surface area contributed by atoms with Crippen molar-refractivity contribution in [2.75, 3.05) is 0 Å². The summed E-state index contributed by atoms with van der Waals surface area (Å²) in [6.07, 6.45) is 6.61. The van der Waals surface area contributed by atoms with Gasteiger partial charge in [-0.15, -0.1) is 0 Å². The van der Waals surface area contributed by atoms with Crippen molar-refractivity contribution in [3.8, 4) is 0 Å². The van der Waals surface area contributed by atoms with Crippen LogP contribution in [-0.4, -0.2) is 0 Å². The largest absolute Gasteiger partial charge is 0.0806 e. The molecule has 0 saturated carbocycles. The lowest BCUT2D eigenvalue weighted by atomic mass is 9.84. The molecule has 0 fully saturated rings. The summed E-state index contributed by atoms with van der Waals surface area (Å²) >= 11 is 0. The maximum atomic E-state index is 2.26. The number of benzene rings is 1. The molecular formula is C13H15. The Morgan fingerprint density at radius 1 is 1.15 bits per heavy atom. The summed E-state index contributed by atoms with van der Waals surface area (Å²) in [5.74, 6) is 0.569. The lowest BCUT2D eigenvalue weighted by molar-refractivity contribution is 0.921. The highest BCUT2D eigenvalue weighted by Crippen LogP contribution is 2.31. The van der Waals surface area contributed by atoms with Gasteiger partial charge in [-0.05, 0) is 42.0 Å². The summed E-state index contributed by atoms with van der Waals surface area (Å²) < 4.78 is 0. The molecule has 1 atom stereocenters. The summed E-state index contributed by atoms with van der Waals surface area (Å²) in [7, 11) is 0. The molecule has 0 amide bonds. The molecule has 2 rings (SSSR count). The van der Waals surface area contributed by atoms with Gasteiger partial charge >= 0.3 is 0 Å². The Morgan fingerprint density at radius 2 is 1.92 bits per heavy atom. The lowest BCUT2D eigenvalue weighted by Crippen LogP contribution is -2.04. The SMILES string of the molecule is Cc1ccc2c(c1C)C(C)C=C[CH]2. The number of allylic oxidation sites excluding steroid dienone is 2. The van der Waals surface area contributed by atoms with Crippen molar-refractivity contribution in [2.45, 2.75) is 26.7 Å². The van der Waals surface area contributed by atoms with Gasteiger partial charge in [-0.1, -0.05) is 31.2 Å². The minimum atomic E-state index is 0.569. The number of hydrogen-bond acceptors (Lipinski definition) is 0. The summed E-state index contributed by atoms with van der Waals surface area (Å²) in [5, 5.41) is 0. The molecule has 1 unspecified atom stereocenters. The minimum Gasteiger partial charge on any atom is -0.0806 e. The van der Waals surface area contributed by atoms with E-state index in [-0.39, 0.29) is 0 Å².